The molecule has 0 bridgehead atoms. The highest BCUT2D eigenvalue weighted by atomic mass is 32.1. The van der Waals surface area contributed by atoms with Crippen LogP contribution in [0.1, 0.15) is 0 Å². The summed E-state index contributed by atoms with van der Waals surface area (Å²) < 4.78 is 0. The average Bonchev–Trinajstić information content (AvgIpc) is 1.35. The summed E-state index contributed by atoms with van der Waals surface area (Å²) in [6.45, 7) is 0. The van der Waals surface area contributed by atoms with Gasteiger partial charge in [0.15, 0.2) is 5.17 Å². The van der Waals surface area contributed by atoms with Crippen molar-refractivity contribution in [3.05, 3.63) is 0 Å². The first-order valence-corrected chi connectivity index (χ1v) is 1.91. The molecule has 0 fully saturated rings. The van der Waals surface area contributed by atoms with E-state index in [0.717, 1.165) is 0 Å². The number of nitrogens with two attached hydrogens (primary N) is 1. The molecule has 0 aliphatic rings. The first kappa shape index (κ1) is 5.62. The Hall–Kier alpha value is -0.380. The highest BCUT2D eigenvalue weighted by molar-refractivity contribution is 7.96. The maximum absolute atomic E-state index is 4.95. The first-order valence-electron chi connectivity index (χ1n) is 1.46. The van der Waals surface area contributed by atoms with Crippen molar-refractivity contribution in [2.75, 3.05) is 7.05 Å². The van der Waals surface area contributed by atoms with Crippen LogP contribution in [0.4, 0.5) is 0 Å². The van der Waals surface area contributed by atoms with Gasteiger partial charge in [0.2, 0.25) is 0 Å². The third kappa shape index (κ3) is 3.62. The number of nitrogens with one attached hydrogen (secondary N) is 1. The fourth-order valence-electron chi connectivity index (χ4n) is 0.115. The quantitative estimate of drug-likeness (QED) is 0.180. The van der Waals surface area contributed by atoms with Crippen LogP contribution in [-0.2, 0) is 0 Å². The topological polar surface area (TPSA) is 50.4 Å². The maximum atomic E-state index is 4.95. The number of thiol groups is 1. The molecule has 0 aliphatic carbocycles. The van der Waals surface area contributed by atoms with Crippen LogP contribution < -0.4 is 11.2 Å². The van der Waals surface area contributed by atoms with Crippen LogP contribution in [-0.4, -0.2) is 12.2 Å². The zero-order valence-electron chi connectivity index (χ0n) is 3.47. The molecule has 36 valence electrons. The Kier molecular flexibility index (Phi) is 2.66. The molecule has 3 nitrogen and oxygen atoms in total. The van der Waals surface area contributed by atoms with Gasteiger partial charge in [-0.05, 0) is 0 Å². The van der Waals surface area contributed by atoms with Gasteiger partial charge in [-0.1, -0.05) is 0 Å². The fourth-order valence-corrected chi connectivity index (χ4v) is 0.215. The van der Waals surface area contributed by atoms with Gasteiger partial charge in [0, 0.05) is 7.05 Å². The number of hydrogen-bond donors (Lipinski definition) is 3. The third-order valence-electron chi connectivity index (χ3n) is 0.226. The van der Waals surface area contributed by atoms with E-state index >= 15 is 0 Å². The van der Waals surface area contributed by atoms with Gasteiger partial charge in [-0.2, -0.15) is 5.10 Å². The van der Waals surface area contributed by atoms with E-state index in [2.05, 4.69) is 23.2 Å². The van der Waals surface area contributed by atoms with Crippen molar-refractivity contribution < 1.29 is 0 Å². The molecule has 0 saturated heterocycles. The Morgan fingerprint density at radius 3 is 2.50 bits per heavy atom. The zero-order chi connectivity index (χ0) is 4.99. The van der Waals surface area contributed by atoms with Crippen LogP contribution in [0.25, 0.3) is 0 Å². The Balaban J connectivity index is 3.14. The van der Waals surface area contributed by atoms with Crippen molar-refractivity contribution in [1.82, 2.24) is 5.43 Å². The van der Waals surface area contributed by atoms with E-state index in [4.69, 9.17) is 5.73 Å². The molecule has 0 rings (SSSR count). The predicted molar refractivity (Wildman–Crippen MR) is 29.7 cm³/mol. The summed E-state index contributed by atoms with van der Waals surface area (Å²) in [5.74, 6) is 0. The number of hydrazone groups is 1. The van der Waals surface area contributed by atoms with Crippen molar-refractivity contribution in [3.8, 4) is 0 Å². The molecule has 0 aromatic carbocycles. The van der Waals surface area contributed by atoms with Gasteiger partial charge in [-0.15, -0.1) is 12.6 Å². The summed E-state index contributed by atoms with van der Waals surface area (Å²) >= 11 is 3.64. The number of hydrogen-bond acceptors (Lipinski definition) is 2. The van der Waals surface area contributed by atoms with E-state index in [9.17, 15) is 0 Å². The van der Waals surface area contributed by atoms with Crippen LogP contribution in [0, 0.1) is 0 Å². The molecule has 0 aromatic rings. The lowest BCUT2D eigenvalue weighted by molar-refractivity contribution is 0.903. The normalized spacial score (nSPS) is 11.3. The second-order valence-corrected chi connectivity index (χ2v) is 1.15. The van der Waals surface area contributed by atoms with Crippen molar-refractivity contribution >= 4 is 17.8 Å². The molecular weight excluding hydrogens is 98.1 g/mol. The van der Waals surface area contributed by atoms with Gasteiger partial charge in [-0.3, -0.25) is 0 Å². The number of rotatable bonds is 1. The minimum Gasteiger partial charge on any atom is -0.377 e. The molecular formula is C2H7N3S. The fraction of sp³-hybridized carbons (Fsp3) is 0.500. The summed E-state index contributed by atoms with van der Waals surface area (Å²) in [6, 6.07) is 0. The standard InChI is InChI=1S/C2H7N3S/c1-4-5-2(3)6/h4H,1H3,(H3,3,5,6). The number of amidine groups is 1. The van der Waals surface area contributed by atoms with E-state index < -0.39 is 0 Å². The highest BCUT2D eigenvalue weighted by Crippen LogP contribution is 1.65. The largest absolute Gasteiger partial charge is 0.377 e. The van der Waals surface area contributed by atoms with E-state index in [1.807, 2.05) is 0 Å². The van der Waals surface area contributed by atoms with Gasteiger partial charge in [0.1, 0.15) is 0 Å². The monoisotopic (exact) mass is 105 g/mol. The molecule has 0 heterocycles. The molecule has 0 radical (unpaired) electrons. The van der Waals surface area contributed by atoms with Crippen LogP contribution >= 0.6 is 12.6 Å². The third-order valence-corrected chi connectivity index (χ3v) is 0.326. The van der Waals surface area contributed by atoms with E-state index in [1.54, 1.807) is 7.05 Å². The second kappa shape index (κ2) is 2.84. The lowest BCUT2D eigenvalue weighted by Gasteiger charge is -1.84. The average molecular weight is 105 g/mol. The lowest BCUT2D eigenvalue weighted by Crippen LogP contribution is -2.07. The molecule has 0 saturated carbocycles. The molecule has 3 N–H and O–H groups in total. The molecule has 0 amide bonds. The summed E-state index contributed by atoms with van der Waals surface area (Å²) in [5, 5.41) is 3.68. The van der Waals surface area contributed by atoms with Crippen molar-refractivity contribution in [3.63, 3.8) is 0 Å². The Morgan fingerprint density at radius 2 is 2.50 bits per heavy atom. The minimum atomic E-state index is 0.248. The van der Waals surface area contributed by atoms with Gasteiger partial charge in [-0.25, -0.2) is 0 Å². The Morgan fingerprint density at radius 1 is 2.00 bits per heavy atom. The first-order chi connectivity index (χ1) is 2.77. The summed E-state index contributed by atoms with van der Waals surface area (Å²) in [7, 11) is 1.66. The Labute approximate surface area is 42.0 Å². The van der Waals surface area contributed by atoms with Gasteiger partial charge in [0.05, 0.1) is 0 Å². The Bertz CT molecular complexity index is 55.8. The van der Waals surface area contributed by atoms with Gasteiger partial charge >= 0.3 is 0 Å². The van der Waals surface area contributed by atoms with E-state index in [-0.39, 0.29) is 5.17 Å². The summed E-state index contributed by atoms with van der Waals surface area (Å²) in [4.78, 5) is 0. The molecule has 6 heavy (non-hydrogen) atoms. The predicted octanol–water partition coefficient (Wildman–Crippen LogP) is -0.635. The van der Waals surface area contributed by atoms with Crippen LogP contribution in [0.15, 0.2) is 5.10 Å². The van der Waals surface area contributed by atoms with E-state index in [1.165, 1.54) is 0 Å². The smallest absolute Gasteiger partial charge is 0.174 e. The van der Waals surface area contributed by atoms with E-state index in [0.29, 0.717) is 0 Å². The van der Waals surface area contributed by atoms with Crippen LogP contribution in [0.2, 0.25) is 0 Å². The highest BCUT2D eigenvalue weighted by Gasteiger charge is 1.68. The molecule has 0 aromatic heterocycles. The summed E-state index contributed by atoms with van der Waals surface area (Å²) in [6.07, 6.45) is 0. The second-order valence-electron chi connectivity index (χ2n) is 0.694. The SMILES string of the molecule is CNN=C(N)S. The molecule has 4 heteroatoms. The molecule has 0 spiro atoms. The lowest BCUT2D eigenvalue weighted by atomic mass is 11.3. The zero-order valence-corrected chi connectivity index (χ0v) is 4.37. The van der Waals surface area contributed by atoms with Crippen molar-refractivity contribution in [2.24, 2.45) is 10.8 Å². The van der Waals surface area contributed by atoms with Crippen LogP contribution in [0.3, 0.4) is 0 Å². The summed E-state index contributed by atoms with van der Waals surface area (Å²) in [5.41, 5.74) is 7.41. The van der Waals surface area contributed by atoms with Crippen LogP contribution in [0.5, 0.6) is 0 Å². The van der Waals surface area contributed by atoms with Gasteiger partial charge in [0.25, 0.3) is 0 Å². The molecule has 0 unspecified atom stereocenters. The number of nitrogens with zero attached hydrogens (tertiary/aromatic N) is 1. The maximum Gasteiger partial charge on any atom is 0.174 e. The molecule has 0 aliphatic heterocycles. The van der Waals surface area contributed by atoms with Gasteiger partial charge < -0.3 is 11.2 Å². The minimum absolute atomic E-state index is 0.248. The van der Waals surface area contributed by atoms with Crippen molar-refractivity contribution in [2.45, 2.75) is 0 Å². The van der Waals surface area contributed by atoms with Crippen molar-refractivity contribution in [1.29, 1.82) is 0 Å². The molecule has 0 atom stereocenters.